The first kappa shape index (κ1) is 24.2. The van der Waals surface area contributed by atoms with Crippen molar-refractivity contribution in [2.45, 2.75) is 37.6 Å². The van der Waals surface area contributed by atoms with Gasteiger partial charge < -0.3 is 20.3 Å². The largest absolute Gasteiger partial charge is 0.395 e. The first-order valence-electron chi connectivity index (χ1n) is 12.4. The number of piperidine rings is 2. The van der Waals surface area contributed by atoms with Crippen molar-refractivity contribution in [1.29, 1.82) is 0 Å². The molecule has 0 radical (unpaired) electrons. The highest BCUT2D eigenvalue weighted by molar-refractivity contribution is 7.80. The van der Waals surface area contributed by atoms with Gasteiger partial charge in [0.25, 0.3) is 0 Å². The molecule has 0 bridgehead atoms. The van der Waals surface area contributed by atoms with E-state index in [1.165, 1.54) is 28.6 Å². The lowest BCUT2D eigenvalue weighted by Gasteiger charge is -2.43. The minimum Gasteiger partial charge on any atom is -0.395 e. The minimum absolute atomic E-state index is 0.153. The van der Waals surface area contributed by atoms with Gasteiger partial charge in [-0.1, -0.05) is 18.2 Å². The second-order valence-corrected chi connectivity index (χ2v) is 10.1. The van der Waals surface area contributed by atoms with E-state index >= 15 is 0 Å². The third-order valence-corrected chi connectivity index (χ3v) is 8.09. The molecule has 0 saturated carbocycles. The molecule has 3 N–H and O–H groups in total. The van der Waals surface area contributed by atoms with E-state index in [4.69, 9.17) is 12.2 Å². The second kappa shape index (κ2) is 10.6. The van der Waals surface area contributed by atoms with Crippen LogP contribution in [0.15, 0.2) is 48.7 Å². The summed E-state index contributed by atoms with van der Waals surface area (Å²) in [7, 11) is 0. The summed E-state index contributed by atoms with van der Waals surface area (Å²) in [6.45, 7) is 3.66. The Balaban J connectivity index is 1.14. The average molecular weight is 499 g/mol. The molecule has 3 heterocycles. The number of para-hydroxylation sites is 1. The number of aromatic nitrogens is 1. The fourth-order valence-corrected chi connectivity index (χ4v) is 6.15. The maximum absolute atomic E-state index is 13.5. The summed E-state index contributed by atoms with van der Waals surface area (Å²) in [5.74, 6) is -0.323. The quantitative estimate of drug-likeness (QED) is 0.428. The van der Waals surface area contributed by atoms with Gasteiger partial charge in [-0.3, -0.25) is 4.90 Å². The molecule has 1 aromatic heterocycles. The van der Waals surface area contributed by atoms with Crippen molar-refractivity contribution in [3.63, 3.8) is 0 Å². The van der Waals surface area contributed by atoms with E-state index in [1.54, 1.807) is 0 Å². The van der Waals surface area contributed by atoms with Crippen molar-refractivity contribution in [2.24, 2.45) is 5.92 Å². The maximum Gasteiger partial charge on any atom is 0.173 e. The first-order chi connectivity index (χ1) is 17.0. The van der Waals surface area contributed by atoms with E-state index in [2.05, 4.69) is 45.7 Å². The Hall–Kier alpha value is -2.55. The summed E-state index contributed by atoms with van der Waals surface area (Å²) in [6, 6.07) is 12.0. The number of rotatable bonds is 5. The molecule has 2 saturated heterocycles. The highest BCUT2D eigenvalue weighted by atomic mass is 32.1. The predicted molar refractivity (Wildman–Crippen MR) is 140 cm³/mol. The van der Waals surface area contributed by atoms with Crippen molar-refractivity contribution in [3.8, 4) is 0 Å². The molecule has 3 aromatic rings. The van der Waals surface area contributed by atoms with Crippen LogP contribution in [-0.4, -0.2) is 63.8 Å². The monoisotopic (exact) mass is 498 g/mol. The SMILES string of the molecule is OCC(C1CCN(C(=S)Nc2cc(F)cc(F)c2)CC1)N1CCC(c2c[nH]c3ccccc23)CC1. The number of fused-ring (bicyclic) bond motifs is 1. The first-order valence-corrected chi connectivity index (χ1v) is 12.9. The molecule has 5 rings (SSSR count). The van der Waals surface area contributed by atoms with Crippen LogP contribution in [0.2, 0.25) is 0 Å². The van der Waals surface area contributed by atoms with Gasteiger partial charge in [-0.15, -0.1) is 0 Å². The van der Waals surface area contributed by atoms with Crippen LogP contribution in [0.5, 0.6) is 0 Å². The van der Waals surface area contributed by atoms with Gasteiger partial charge in [0.15, 0.2) is 5.11 Å². The Labute approximate surface area is 210 Å². The normalized spacial score (nSPS) is 19.2. The standard InChI is InChI=1S/C27H32F2N4OS/c28-20-13-21(29)15-22(14-20)31-27(35)33-11-7-19(8-12-33)26(17-34)32-9-5-18(6-10-32)24-16-30-25-4-2-1-3-23(24)25/h1-4,13-16,18-19,26,30,34H,5-12,17H2,(H,31,35). The number of hydrogen-bond acceptors (Lipinski definition) is 3. The molecule has 2 aliphatic rings. The van der Waals surface area contributed by atoms with E-state index in [0.717, 1.165) is 57.9 Å². The number of aliphatic hydroxyl groups excluding tert-OH is 1. The number of H-pyrrole nitrogens is 1. The van der Waals surface area contributed by atoms with Gasteiger partial charge in [-0.05, 0) is 86.6 Å². The van der Waals surface area contributed by atoms with Crippen molar-refractivity contribution < 1.29 is 13.9 Å². The highest BCUT2D eigenvalue weighted by Gasteiger charge is 2.33. The van der Waals surface area contributed by atoms with Gasteiger partial charge in [0.1, 0.15) is 11.6 Å². The van der Waals surface area contributed by atoms with E-state index in [9.17, 15) is 13.9 Å². The summed E-state index contributed by atoms with van der Waals surface area (Å²) >= 11 is 5.49. The van der Waals surface area contributed by atoms with Crippen LogP contribution in [-0.2, 0) is 0 Å². The van der Waals surface area contributed by atoms with E-state index in [1.807, 2.05) is 4.90 Å². The van der Waals surface area contributed by atoms with Gasteiger partial charge in [-0.2, -0.15) is 0 Å². The molecule has 5 nitrogen and oxygen atoms in total. The molecule has 1 atom stereocenters. The fourth-order valence-electron chi connectivity index (χ4n) is 5.85. The van der Waals surface area contributed by atoms with Gasteiger partial charge in [0, 0.05) is 48.0 Å². The average Bonchev–Trinajstić information content (AvgIpc) is 3.29. The lowest BCUT2D eigenvalue weighted by atomic mass is 9.85. The molecule has 1 unspecified atom stereocenters. The van der Waals surface area contributed by atoms with Crippen LogP contribution in [0, 0.1) is 17.6 Å². The van der Waals surface area contributed by atoms with E-state index < -0.39 is 11.6 Å². The summed E-state index contributed by atoms with van der Waals surface area (Å²) < 4.78 is 27.0. The zero-order chi connectivity index (χ0) is 24.4. The zero-order valence-electron chi connectivity index (χ0n) is 19.7. The highest BCUT2D eigenvalue weighted by Crippen LogP contribution is 2.35. The number of thiocarbonyl (C=S) groups is 1. The summed E-state index contributed by atoms with van der Waals surface area (Å²) in [6.07, 6.45) is 6.20. The summed E-state index contributed by atoms with van der Waals surface area (Å²) in [4.78, 5) is 7.92. The van der Waals surface area contributed by atoms with Gasteiger partial charge in [0.2, 0.25) is 0 Å². The molecule has 2 aromatic carbocycles. The molecule has 0 aliphatic carbocycles. The Morgan fingerprint density at radius 2 is 1.71 bits per heavy atom. The summed E-state index contributed by atoms with van der Waals surface area (Å²) in [5, 5.41) is 15.0. The lowest BCUT2D eigenvalue weighted by molar-refractivity contribution is 0.0420. The second-order valence-electron chi connectivity index (χ2n) is 9.76. The Morgan fingerprint density at radius 3 is 2.40 bits per heavy atom. The number of anilines is 1. The topological polar surface area (TPSA) is 54.5 Å². The fraction of sp³-hybridized carbons (Fsp3) is 0.444. The molecule has 2 aliphatic heterocycles. The van der Waals surface area contributed by atoms with Crippen LogP contribution < -0.4 is 5.32 Å². The number of halogens is 2. The molecular formula is C27H32F2N4OS. The Bertz CT molecular complexity index is 1150. The van der Waals surface area contributed by atoms with Crippen molar-refractivity contribution >= 4 is 33.9 Å². The molecule has 35 heavy (non-hydrogen) atoms. The van der Waals surface area contributed by atoms with Crippen LogP contribution in [0.4, 0.5) is 14.5 Å². The van der Waals surface area contributed by atoms with E-state index in [0.29, 0.717) is 22.6 Å². The van der Waals surface area contributed by atoms with Crippen molar-refractivity contribution in [2.75, 3.05) is 38.1 Å². The Morgan fingerprint density at radius 1 is 1.03 bits per heavy atom. The number of nitrogens with zero attached hydrogens (tertiary/aromatic N) is 2. The molecule has 186 valence electrons. The Kier molecular flexibility index (Phi) is 7.32. The number of aromatic amines is 1. The van der Waals surface area contributed by atoms with Crippen LogP contribution in [0.25, 0.3) is 10.9 Å². The molecule has 2 fully saturated rings. The number of hydrogen-bond donors (Lipinski definition) is 3. The predicted octanol–water partition coefficient (Wildman–Crippen LogP) is 5.10. The maximum atomic E-state index is 13.5. The third-order valence-electron chi connectivity index (χ3n) is 7.73. The van der Waals surface area contributed by atoms with E-state index in [-0.39, 0.29) is 12.6 Å². The van der Waals surface area contributed by atoms with Crippen molar-refractivity contribution in [3.05, 3.63) is 65.9 Å². The van der Waals surface area contributed by atoms with Gasteiger partial charge in [0.05, 0.1) is 6.61 Å². The molecule has 0 amide bonds. The van der Waals surface area contributed by atoms with Crippen molar-refractivity contribution in [1.82, 2.24) is 14.8 Å². The smallest absolute Gasteiger partial charge is 0.173 e. The van der Waals surface area contributed by atoms with Crippen LogP contribution in [0.1, 0.15) is 37.2 Å². The number of likely N-dealkylation sites (tertiary alicyclic amines) is 2. The number of nitrogens with one attached hydrogen (secondary N) is 2. The summed E-state index contributed by atoms with van der Waals surface area (Å²) in [5.41, 5.74) is 2.93. The third kappa shape index (κ3) is 5.34. The zero-order valence-corrected chi connectivity index (χ0v) is 20.5. The molecule has 8 heteroatoms. The molecular weight excluding hydrogens is 466 g/mol. The van der Waals surface area contributed by atoms with Gasteiger partial charge >= 0.3 is 0 Å². The van der Waals surface area contributed by atoms with Gasteiger partial charge in [-0.25, -0.2) is 8.78 Å². The number of aliphatic hydroxyl groups is 1. The minimum atomic E-state index is -0.631. The molecule has 0 spiro atoms. The van der Waals surface area contributed by atoms with Crippen LogP contribution >= 0.6 is 12.2 Å². The number of benzene rings is 2. The lowest BCUT2D eigenvalue weighted by Crippen LogP contribution is -2.51. The van der Waals surface area contributed by atoms with Crippen LogP contribution in [0.3, 0.4) is 0 Å².